The number of hydrogen-bond donors (Lipinski definition) is 0. The largest absolute Gasteiger partial charge is 0.0905 e. The fourth-order valence-electron chi connectivity index (χ4n) is 1.20. The molecule has 7 heavy (non-hydrogen) atoms. The van der Waals surface area contributed by atoms with E-state index >= 15 is 0 Å². The molecule has 0 amide bonds. The van der Waals surface area contributed by atoms with Gasteiger partial charge in [0.15, 0.2) is 0 Å². The molecule has 1 fully saturated rings. The van der Waals surface area contributed by atoms with E-state index in [9.17, 15) is 0 Å². The van der Waals surface area contributed by atoms with Crippen molar-refractivity contribution in [3.05, 3.63) is 6.42 Å². The highest BCUT2D eigenvalue weighted by molar-refractivity contribution is 4.79. The molecule has 0 bridgehead atoms. The van der Waals surface area contributed by atoms with Gasteiger partial charge in [-0.05, 0) is 12.8 Å². The molecule has 0 aromatic heterocycles. The average Bonchev–Trinajstić information content (AvgIpc) is 2.14. The van der Waals surface area contributed by atoms with Crippen LogP contribution in [-0.4, -0.2) is 0 Å². The van der Waals surface area contributed by atoms with Gasteiger partial charge in [0.25, 0.3) is 0 Å². The molecule has 1 rings (SSSR count). The summed E-state index contributed by atoms with van der Waals surface area (Å²) in [5, 5.41) is 0. The maximum absolute atomic E-state index is 2.41. The van der Waals surface area contributed by atoms with E-state index < -0.39 is 0 Å². The van der Waals surface area contributed by atoms with Gasteiger partial charge in [0.05, 0.1) is 19.3 Å². The van der Waals surface area contributed by atoms with Gasteiger partial charge in [-0.3, -0.25) is 0 Å². The van der Waals surface area contributed by atoms with E-state index in [2.05, 4.69) is 13.3 Å². The van der Waals surface area contributed by atoms with Gasteiger partial charge in [-0.15, -0.1) is 0 Å². The van der Waals surface area contributed by atoms with Crippen molar-refractivity contribution in [3.63, 3.8) is 0 Å². The zero-order valence-electron chi connectivity index (χ0n) is 4.98. The second-order valence-electron chi connectivity index (χ2n) is 2.38. The number of rotatable bonds is 1. The molecule has 0 spiro atoms. The summed E-state index contributed by atoms with van der Waals surface area (Å²) in [4.78, 5) is 0. The highest BCUT2D eigenvalue weighted by atomic mass is 14.2. The third-order valence-corrected chi connectivity index (χ3v) is 1.86. The predicted molar refractivity (Wildman–Crippen MR) is 31.9 cm³/mol. The molecule has 0 saturated heterocycles. The van der Waals surface area contributed by atoms with E-state index in [0.717, 1.165) is 5.92 Å². The quantitative estimate of drug-likeness (QED) is 0.441. The molecular weight excluding hydrogens is 84.1 g/mol. The van der Waals surface area contributed by atoms with E-state index in [1.807, 2.05) is 0 Å². The summed E-state index contributed by atoms with van der Waals surface area (Å²) in [6.45, 7) is 2.28. The van der Waals surface area contributed by atoms with Crippen LogP contribution in [0.4, 0.5) is 0 Å². The Labute approximate surface area is 45.9 Å². The van der Waals surface area contributed by atoms with Gasteiger partial charge in [-0.2, -0.15) is 0 Å². The van der Waals surface area contributed by atoms with Crippen molar-refractivity contribution < 1.29 is 0 Å². The van der Waals surface area contributed by atoms with Crippen LogP contribution >= 0.6 is 0 Å². The van der Waals surface area contributed by atoms with Crippen LogP contribution in [0.15, 0.2) is 0 Å². The molecule has 0 radical (unpaired) electrons. The van der Waals surface area contributed by atoms with Gasteiger partial charge in [-0.25, -0.2) is 0 Å². The Morgan fingerprint density at radius 1 is 1.71 bits per heavy atom. The Kier molecular flexibility index (Phi) is 1.61. The summed E-state index contributed by atoms with van der Waals surface area (Å²) < 4.78 is 0. The summed E-state index contributed by atoms with van der Waals surface area (Å²) >= 11 is 0. The third kappa shape index (κ3) is 1.12. The lowest BCUT2D eigenvalue weighted by Gasteiger charge is -1.94. The van der Waals surface area contributed by atoms with Crippen LogP contribution in [0.1, 0.15) is 32.6 Å². The van der Waals surface area contributed by atoms with Crippen LogP contribution < -0.4 is 0 Å². The van der Waals surface area contributed by atoms with E-state index in [4.69, 9.17) is 0 Å². The predicted octanol–water partition coefficient (Wildman–Crippen LogP) is 2.40. The molecule has 40 valence electrons. The molecule has 0 nitrogen and oxygen atoms in total. The lowest BCUT2D eigenvalue weighted by atomic mass is 10.1. The van der Waals surface area contributed by atoms with Crippen molar-refractivity contribution in [2.24, 2.45) is 5.92 Å². The lowest BCUT2D eigenvalue weighted by Crippen LogP contribution is -1.86. The Morgan fingerprint density at radius 3 is 2.86 bits per heavy atom. The molecule has 1 saturated carbocycles. The van der Waals surface area contributed by atoms with Crippen molar-refractivity contribution in [2.45, 2.75) is 32.6 Å². The Bertz CT molecular complexity index is 42.0. The molecule has 0 aromatic rings. The maximum atomic E-state index is 2.41. The molecule has 0 aromatic carbocycles. The molecule has 0 N–H and O–H groups in total. The van der Waals surface area contributed by atoms with Gasteiger partial charge < -0.3 is 0 Å². The molecule has 1 unspecified atom stereocenters. The summed E-state index contributed by atoms with van der Waals surface area (Å²) in [5.74, 6) is 1.04. The van der Waals surface area contributed by atoms with Crippen LogP contribution in [0.3, 0.4) is 0 Å². The van der Waals surface area contributed by atoms with Crippen LogP contribution in [-0.2, 0) is 0 Å². The molecule has 0 aliphatic heterocycles. The van der Waals surface area contributed by atoms with E-state index in [-0.39, 0.29) is 0 Å². The van der Waals surface area contributed by atoms with Crippen molar-refractivity contribution in [1.29, 1.82) is 0 Å². The van der Waals surface area contributed by atoms with Crippen LogP contribution in [0.2, 0.25) is 0 Å². The van der Waals surface area contributed by atoms with Crippen LogP contribution in [0, 0.1) is 12.3 Å². The maximum Gasteiger partial charge on any atom is 0.0905 e. The van der Waals surface area contributed by atoms with Gasteiger partial charge in [0.2, 0.25) is 0 Å². The first-order valence-electron chi connectivity index (χ1n) is 3.25. The standard InChI is InChI=1S/C7H13/c1-2-7-5-3-4-6-7/h3,7H,2,4-6H2,1H3/q+1. The van der Waals surface area contributed by atoms with Crippen molar-refractivity contribution in [1.82, 2.24) is 0 Å². The van der Waals surface area contributed by atoms with Gasteiger partial charge in [0.1, 0.15) is 0 Å². The fourth-order valence-corrected chi connectivity index (χ4v) is 1.20. The minimum Gasteiger partial charge on any atom is -0.0650 e. The normalized spacial score (nSPS) is 30.1. The fraction of sp³-hybridized carbons (Fsp3) is 0.857. The Hall–Kier alpha value is -0.130. The van der Waals surface area contributed by atoms with Gasteiger partial charge in [0, 0.05) is 5.92 Å². The second-order valence-corrected chi connectivity index (χ2v) is 2.38. The first-order chi connectivity index (χ1) is 3.43. The van der Waals surface area contributed by atoms with Crippen molar-refractivity contribution >= 4 is 0 Å². The minimum atomic E-state index is 1.04. The SMILES string of the molecule is CCC1C[CH+]CC1. The van der Waals surface area contributed by atoms with Crippen LogP contribution in [0.25, 0.3) is 0 Å². The summed E-state index contributed by atoms with van der Waals surface area (Å²) in [6.07, 6.45) is 8.01. The van der Waals surface area contributed by atoms with E-state index in [0.29, 0.717) is 0 Å². The monoisotopic (exact) mass is 97.1 g/mol. The molecular formula is C7H13+. The topological polar surface area (TPSA) is 0 Å². The third-order valence-electron chi connectivity index (χ3n) is 1.86. The summed E-state index contributed by atoms with van der Waals surface area (Å²) in [6, 6.07) is 0. The van der Waals surface area contributed by atoms with Gasteiger partial charge >= 0.3 is 0 Å². The molecule has 1 aliphatic rings. The highest BCUT2D eigenvalue weighted by Crippen LogP contribution is 2.25. The molecule has 0 heteroatoms. The average molecular weight is 97.2 g/mol. The zero-order valence-corrected chi connectivity index (χ0v) is 4.98. The van der Waals surface area contributed by atoms with E-state index in [1.165, 1.54) is 25.7 Å². The second kappa shape index (κ2) is 2.25. The molecule has 1 aliphatic carbocycles. The lowest BCUT2D eigenvalue weighted by molar-refractivity contribution is 0.537. The Balaban J connectivity index is 2.14. The summed E-state index contributed by atoms with van der Waals surface area (Å²) in [5.41, 5.74) is 0. The van der Waals surface area contributed by atoms with Crippen LogP contribution in [0.5, 0.6) is 0 Å². The first kappa shape index (κ1) is 5.02. The minimum absolute atomic E-state index is 1.04. The van der Waals surface area contributed by atoms with Crippen molar-refractivity contribution in [2.75, 3.05) is 0 Å². The van der Waals surface area contributed by atoms with Crippen molar-refractivity contribution in [3.8, 4) is 0 Å². The zero-order chi connectivity index (χ0) is 5.11. The molecule has 1 atom stereocenters. The highest BCUT2D eigenvalue weighted by Gasteiger charge is 2.19. The smallest absolute Gasteiger partial charge is 0.0650 e. The Morgan fingerprint density at radius 2 is 2.57 bits per heavy atom. The van der Waals surface area contributed by atoms with E-state index in [1.54, 1.807) is 0 Å². The molecule has 0 heterocycles. The first-order valence-corrected chi connectivity index (χ1v) is 3.25. The summed E-state index contributed by atoms with van der Waals surface area (Å²) in [7, 11) is 0. The van der Waals surface area contributed by atoms with Gasteiger partial charge in [-0.1, -0.05) is 6.92 Å². The number of hydrogen-bond acceptors (Lipinski definition) is 0.